The van der Waals surface area contributed by atoms with Gasteiger partial charge < -0.3 is 11.1 Å². The van der Waals surface area contributed by atoms with E-state index in [0.717, 1.165) is 5.56 Å². The maximum absolute atomic E-state index is 12.3. The van der Waals surface area contributed by atoms with Crippen LogP contribution in [0.15, 0.2) is 53.4 Å². The van der Waals surface area contributed by atoms with Crippen LogP contribution in [0.5, 0.6) is 0 Å². The van der Waals surface area contributed by atoms with Gasteiger partial charge in [-0.1, -0.05) is 24.3 Å². The van der Waals surface area contributed by atoms with Gasteiger partial charge in [-0.2, -0.15) is 0 Å². The van der Waals surface area contributed by atoms with E-state index in [2.05, 4.69) is 10.0 Å². The van der Waals surface area contributed by atoms with Crippen LogP contribution in [0.4, 0.5) is 34.1 Å². The van der Waals surface area contributed by atoms with Gasteiger partial charge in [0.25, 0.3) is 10.0 Å². The van der Waals surface area contributed by atoms with Crippen molar-refractivity contribution in [3.8, 4) is 0 Å². The number of carbonyl (C=O) groups excluding carboxylic acids is 1. The Balaban J connectivity index is 0. The predicted molar refractivity (Wildman–Crippen MR) is 97.6 cm³/mol. The zero-order valence-electron chi connectivity index (χ0n) is 14.9. The number of hydrogen-bond donors (Lipinski definition) is 3. The third kappa shape index (κ3) is 9.28. The maximum Gasteiger partial charge on any atom is 0.261 e. The summed E-state index contributed by atoms with van der Waals surface area (Å²) in [4.78, 5) is 11.5. The molecule has 0 saturated heterocycles. The smallest absolute Gasteiger partial charge is 0.261 e. The van der Waals surface area contributed by atoms with Crippen LogP contribution >= 0.6 is 0 Å². The second kappa shape index (κ2) is 15.3. The lowest BCUT2D eigenvalue weighted by Crippen LogP contribution is -2.22. The molecule has 0 atom stereocenters. The summed E-state index contributed by atoms with van der Waals surface area (Å²) in [6, 6.07) is 13.0. The van der Waals surface area contributed by atoms with Gasteiger partial charge in [0.15, 0.2) is 0 Å². The molecule has 0 spiro atoms. The largest absolute Gasteiger partial charge is 0.325 e. The van der Waals surface area contributed by atoms with E-state index in [9.17, 15) is 17.6 Å². The molecule has 4 N–H and O–H groups in total. The van der Waals surface area contributed by atoms with Gasteiger partial charge in [0.05, 0.1) is 24.3 Å². The fourth-order valence-electron chi connectivity index (χ4n) is 1.84. The highest BCUT2D eigenvalue weighted by atomic mass is 32.2. The van der Waals surface area contributed by atoms with Gasteiger partial charge in [0, 0.05) is 24.0 Å². The van der Waals surface area contributed by atoms with Crippen LogP contribution in [0.3, 0.4) is 0 Å². The van der Waals surface area contributed by atoms with Crippen LogP contribution in [0.2, 0.25) is 0 Å². The normalized spacial score (nSPS) is 9.29. The summed E-state index contributed by atoms with van der Waals surface area (Å²) in [6.45, 7) is 1.67. The minimum Gasteiger partial charge on any atom is -0.325 e. The third-order valence-electron chi connectivity index (χ3n) is 3.00. The molecule has 0 unspecified atom stereocenters. The second-order valence-corrected chi connectivity index (χ2v) is 6.38. The quantitative estimate of drug-likeness (QED) is 0.626. The van der Waals surface area contributed by atoms with E-state index in [1.807, 2.05) is 6.92 Å². The molecular weight excluding hydrogens is 409 g/mol. The number of halogens is 5. The molecule has 0 saturated carbocycles. The number of hydrogen-bond acceptors (Lipinski definition) is 4. The molecule has 0 aliphatic carbocycles. The Morgan fingerprint density at radius 3 is 2.04 bits per heavy atom. The number of nitrogens with one attached hydrogen (secondary N) is 2. The average Bonchev–Trinajstić information content (AvgIpc) is 2.75. The lowest BCUT2D eigenvalue weighted by molar-refractivity contribution is -0.114. The van der Waals surface area contributed by atoms with Crippen LogP contribution in [-0.2, 0) is 14.8 Å². The van der Waals surface area contributed by atoms with E-state index >= 15 is 0 Å². The third-order valence-corrected chi connectivity index (χ3v) is 4.40. The van der Waals surface area contributed by atoms with E-state index in [4.69, 9.17) is 24.0 Å². The van der Waals surface area contributed by atoms with Gasteiger partial charge >= 0.3 is 0 Å². The molecule has 0 radical (unpaired) electrons. The van der Waals surface area contributed by atoms with Crippen LogP contribution in [0, 0.1) is 6.92 Å². The summed E-state index contributed by atoms with van der Waals surface area (Å²) in [5.41, 5.74) is 6.95. The SMILES string of the molecule is CF.Cc1ccc(NS(=O)(=O)c2ccccc2)cc1NC(=O)CN.FF.FF. The number of rotatable bonds is 5. The average molecular weight is 429 g/mol. The number of alkyl halides is 1. The minimum absolute atomic E-state index is 0.139. The fraction of sp³-hybridized carbons (Fsp3) is 0.188. The van der Waals surface area contributed by atoms with Crippen LogP contribution in [0.25, 0.3) is 0 Å². The highest BCUT2D eigenvalue weighted by Crippen LogP contribution is 2.22. The molecule has 1 amide bonds. The van der Waals surface area contributed by atoms with E-state index in [1.54, 1.807) is 36.4 Å². The highest BCUT2D eigenvalue weighted by Gasteiger charge is 2.14. The number of nitrogens with two attached hydrogens (primary N) is 1. The molecule has 0 heterocycles. The van der Waals surface area contributed by atoms with Crippen molar-refractivity contribution in [1.82, 2.24) is 0 Å². The Morgan fingerprint density at radius 2 is 1.54 bits per heavy atom. The molecule has 0 aliphatic rings. The van der Waals surface area contributed by atoms with Crippen LogP contribution in [-0.4, -0.2) is 28.0 Å². The van der Waals surface area contributed by atoms with Gasteiger partial charge in [0.1, 0.15) is 0 Å². The zero-order valence-corrected chi connectivity index (χ0v) is 15.7. The van der Waals surface area contributed by atoms with Crippen molar-refractivity contribution in [3.63, 3.8) is 0 Å². The summed E-state index contributed by atoms with van der Waals surface area (Å²) in [5, 5.41) is 2.63. The predicted octanol–water partition coefficient (Wildman–Crippen LogP) is 3.96. The van der Waals surface area contributed by atoms with Crippen LogP contribution in [0.1, 0.15) is 5.56 Å². The van der Waals surface area contributed by atoms with Crippen molar-refractivity contribution in [2.45, 2.75) is 11.8 Å². The Hall–Kier alpha value is -2.73. The first-order valence-corrected chi connectivity index (χ1v) is 8.75. The Kier molecular flexibility index (Phi) is 15.1. The number of sulfonamides is 1. The molecule has 6 nitrogen and oxygen atoms in total. The van der Waals surface area contributed by atoms with Gasteiger partial charge in [0.2, 0.25) is 5.91 Å². The summed E-state index contributed by atoms with van der Waals surface area (Å²) >= 11 is 0. The van der Waals surface area contributed by atoms with Crippen LogP contribution < -0.4 is 15.8 Å². The zero-order chi connectivity index (χ0) is 22.2. The highest BCUT2D eigenvalue weighted by molar-refractivity contribution is 7.92. The Bertz CT molecular complexity index is 793. The number of aryl methyl sites for hydroxylation is 1. The van der Waals surface area contributed by atoms with Gasteiger partial charge in [-0.25, -0.2) is 8.42 Å². The Labute approximate surface area is 159 Å². The maximum atomic E-state index is 12.3. The minimum atomic E-state index is -3.66. The van der Waals surface area contributed by atoms with E-state index in [1.165, 1.54) is 12.1 Å². The van der Waals surface area contributed by atoms with E-state index in [0.29, 0.717) is 18.6 Å². The van der Waals surface area contributed by atoms with Gasteiger partial charge in [-0.05, 0) is 36.8 Å². The lowest BCUT2D eigenvalue weighted by atomic mass is 10.2. The molecule has 0 fully saturated rings. The van der Waals surface area contributed by atoms with E-state index in [-0.39, 0.29) is 17.3 Å². The molecule has 0 bridgehead atoms. The first-order valence-electron chi connectivity index (χ1n) is 7.27. The van der Waals surface area contributed by atoms with Crippen molar-refractivity contribution in [2.24, 2.45) is 5.73 Å². The molecule has 0 aliphatic heterocycles. The number of amides is 1. The van der Waals surface area contributed by atoms with Gasteiger partial charge in [-0.3, -0.25) is 13.9 Å². The molecule has 2 aromatic rings. The number of carbonyl (C=O) groups is 1. The standard InChI is InChI=1S/C15H17N3O3S.CH3F.2F2/c1-11-7-8-12(9-14(11)17-15(19)10-16)18-22(20,21)13-5-3-2-4-6-13;3*1-2/h2-9,18H,10,16H2,1H3,(H,17,19);1H3;;. The van der Waals surface area contributed by atoms with Crippen molar-refractivity contribution < 1.29 is 35.9 Å². The van der Waals surface area contributed by atoms with E-state index < -0.39 is 10.0 Å². The van der Waals surface area contributed by atoms with Crippen molar-refractivity contribution in [1.29, 1.82) is 0 Å². The second-order valence-electron chi connectivity index (χ2n) is 4.70. The molecule has 12 heteroatoms. The van der Waals surface area contributed by atoms with Crippen molar-refractivity contribution >= 4 is 27.3 Å². The monoisotopic (exact) mass is 429 g/mol. The summed E-state index contributed by atoms with van der Waals surface area (Å²) < 4.78 is 68.5. The molecule has 158 valence electrons. The summed E-state index contributed by atoms with van der Waals surface area (Å²) in [6.07, 6.45) is 0. The first-order chi connectivity index (χ1) is 13.4. The molecule has 28 heavy (non-hydrogen) atoms. The first kappa shape index (κ1) is 27.5. The molecular formula is C16H20F5N3O3S. The number of anilines is 2. The molecule has 2 rings (SSSR count). The van der Waals surface area contributed by atoms with Gasteiger partial charge in [-0.15, -0.1) is 0 Å². The Morgan fingerprint density at radius 1 is 1.00 bits per heavy atom. The fourth-order valence-corrected chi connectivity index (χ4v) is 2.91. The summed E-state index contributed by atoms with van der Waals surface area (Å²) in [5.74, 6) is -0.342. The lowest BCUT2D eigenvalue weighted by Gasteiger charge is -2.12. The van der Waals surface area contributed by atoms with Crippen molar-refractivity contribution in [2.75, 3.05) is 23.8 Å². The topological polar surface area (TPSA) is 101 Å². The van der Waals surface area contributed by atoms with Crippen molar-refractivity contribution in [3.05, 3.63) is 54.1 Å². The number of benzene rings is 2. The summed E-state index contributed by atoms with van der Waals surface area (Å²) in [7, 11) is -3.16. The molecule has 0 aromatic heterocycles. The molecule has 2 aromatic carbocycles.